The second kappa shape index (κ2) is 4.22. The molecule has 0 saturated carbocycles. The van der Waals surface area contributed by atoms with Crippen LogP contribution in [0.5, 0.6) is 0 Å². The summed E-state index contributed by atoms with van der Waals surface area (Å²) in [5, 5.41) is 0. The monoisotopic (exact) mass is 176 g/mol. The van der Waals surface area contributed by atoms with Gasteiger partial charge in [-0.15, -0.1) is 0 Å². The first kappa shape index (κ1) is 9.97. The highest BCUT2D eigenvalue weighted by atomic mass is 16.1. The van der Waals surface area contributed by atoms with E-state index in [1.165, 1.54) is 5.56 Å². The van der Waals surface area contributed by atoms with E-state index in [2.05, 4.69) is 19.9 Å². The first-order valence-corrected chi connectivity index (χ1v) is 4.71. The Morgan fingerprint density at radius 3 is 2.08 bits per heavy atom. The number of benzene rings is 1. The Morgan fingerprint density at radius 1 is 1.08 bits per heavy atom. The van der Waals surface area contributed by atoms with Crippen LogP contribution in [-0.4, -0.2) is 6.29 Å². The van der Waals surface area contributed by atoms with Gasteiger partial charge >= 0.3 is 0 Å². The highest BCUT2D eigenvalue weighted by Crippen LogP contribution is 2.24. The highest BCUT2D eigenvalue weighted by molar-refractivity contribution is 5.62. The largest absolute Gasteiger partial charge is 0.303 e. The zero-order valence-corrected chi connectivity index (χ0v) is 8.45. The SMILES string of the molecule is CC(C)c1ccccc1C(C)C=O. The summed E-state index contributed by atoms with van der Waals surface area (Å²) < 4.78 is 0. The molecule has 0 amide bonds. The van der Waals surface area contributed by atoms with E-state index in [1.807, 2.05) is 25.1 Å². The lowest BCUT2D eigenvalue weighted by Crippen LogP contribution is -2.01. The quantitative estimate of drug-likeness (QED) is 0.647. The third kappa shape index (κ3) is 2.18. The lowest BCUT2D eigenvalue weighted by Gasteiger charge is -2.14. The molecule has 0 saturated heterocycles. The van der Waals surface area contributed by atoms with Crippen LogP contribution >= 0.6 is 0 Å². The first-order chi connectivity index (χ1) is 6.16. The molecule has 0 aliphatic carbocycles. The normalized spacial score (nSPS) is 12.9. The van der Waals surface area contributed by atoms with E-state index >= 15 is 0 Å². The van der Waals surface area contributed by atoms with Gasteiger partial charge in [-0.1, -0.05) is 45.0 Å². The number of aldehydes is 1. The van der Waals surface area contributed by atoms with Gasteiger partial charge in [0.05, 0.1) is 0 Å². The molecule has 0 radical (unpaired) electrons. The second-order valence-electron chi connectivity index (χ2n) is 3.71. The Morgan fingerprint density at radius 2 is 1.62 bits per heavy atom. The Bertz CT molecular complexity index is 289. The predicted octanol–water partition coefficient (Wildman–Crippen LogP) is 3.11. The van der Waals surface area contributed by atoms with Crippen LogP contribution in [0, 0.1) is 0 Å². The standard InChI is InChI=1S/C12H16O/c1-9(2)11-6-4-5-7-12(11)10(3)8-13/h4-10H,1-3H3. The zero-order chi connectivity index (χ0) is 9.84. The van der Waals surface area contributed by atoms with E-state index in [-0.39, 0.29) is 5.92 Å². The molecule has 0 fully saturated rings. The molecule has 0 aliphatic heterocycles. The van der Waals surface area contributed by atoms with Crippen LogP contribution in [0.4, 0.5) is 0 Å². The van der Waals surface area contributed by atoms with E-state index in [1.54, 1.807) is 0 Å². The molecule has 0 aromatic heterocycles. The lowest BCUT2D eigenvalue weighted by atomic mass is 9.91. The average Bonchev–Trinajstić information content (AvgIpc) is 2.16. The summed E-state index contributed by atoms with van der Waals surface area (Å²) in [7, 11) is 0. The summed E-state index contributed by atoms with van der Waals surface area (Å²) in [6.45, 7) is 6.24. The molecule has 0 bridgehead atoms. The second-order valence-corrected chi connectivity index (χ2v) is 3.71. The molecule has 1 aromatic rings. The summed E-state index contributed by atoms with van der Waals surface area (Å²) in [4.78, 5) is 10.7. The van der Waals surface area contributed by atoms with Crippen molar-refractivity contribution in [2.75, 3.05) is 0 Å². The average molecular weight is 176 g/mol. The lowest BCUT2D eigenvalue weighted by molar-refractivity contribution is -0.108. The van der Waals surface area contributed by atoms with Crippen molar-refractivity contribution in [3.63, 3.8) is 0 Å². The first-order valence-electron chi connectivity index (χ1n) is 4.71. The Labute approximate surface area is 79.8 Å². The molecule has 13 heavy (non-hydrogen) atoms. The molecule has 0 N–H and O–H groups in total. The Kier molecular flexibility index (Phi) is 3.24. The minimum atomic E-state index is 0.0126. The van der Waals surface area contributed by atoms with E-state index in [0.29, 0.717) is 5.92 Å². The van der Waals surface area contributed by atoms with Gasteiger partial charge in [0.1, 0.15) is 6.29 Å². The maximum absolute atomic E-state index is 10.7. The van der Waals surface area contributed by atoms with Crippen molar-refractivity contribution in [3.8, 4) is 0 Å². The van der Waals surface area contributed by atoms with Crippen LogP contribution in [0.2, 0.25) is 0 Å². The molecule has 0 aliphatic rings. The summed E-state index contributed by atoms with van der Waals surface area (Å²) in [6.07, 6.45) is 1.00. The summed E-state index contributed by atoms with van der Waals surface area (Å²) in [5.41, 5.74) is 2.44. The molecule has 1 rings (SSSR count). The van der Waals surface area contributed by atoms with Gasteiger partial charge in [-0.05, 0) is 17.0 Å². The molecule has 1 aromatic carbocycles. The topological polar surface area (TPSA) is 17.1 Å². The smallest absolute Gasteiger partial charge is 0.127 e. The third-order valence-electron chi connectivity index (χ3n) is 2.31. The number of hydrogen-bond acceptors (Lipinski definition) is 1. The number of rotatable bonds is 3. The molecule has 1 atom stereocenters. The predicted molar refractivity (Wildman–Crippen MR) is 55.0 cm³/mol. The van der Waals surface area contributed by atoms with Crippen LogP contribution in [0.1, 0.15) is 43.7 Å². The van der Waals surface area contributed by atoms with Crippen molar-refractivity contribution < 1.29 is 4.79 Å². The van der Waals surface area contributed by atoms with Gasteiger partial charge in [0.2, 0.25) is 0 Å². The summed E-state index contributed by atoms with van der Waals surface area (Å²) >= 11 is 0. The van der Waals surface area contributed by atoms with Crippen molar-refractivity contribution in [3.05, 3.63) is 35.4 Å². The minimum absolute atomic E-state index is 0.0126. The van der Waals surface area contributed by atoms with Crippen molar-refractivity contribution in [1.29, 1.82) is 0 Å². The molecule has 1 nitrogen and oxygen atoms in total. The number of carbonyl (C=O) groups excluding carboxylic acids is 1. The molecule has 70 valence electrons. The fourth-order valence-corrected chi connectivity index (χ4v) is 1.52. The van der Waals surface area contributed by atoms with Crippen LogP contribution in [-0.2, 0) is 4.79 Å². The van der Waals surface area contributed by atoms with Gasteiger partial charge in [0.25, 0.3) is 0 Å². The van der Waals surface area contributed by atoms with Crippen molar-refractivity contribution in [2.24, 2.45) is 0 Å². The van der Waals surface area contributed by atoms with Crippen LogP contribution in [0.25, 0.3) is 0 Å². The Hall–Kier alpha value is -1.11. The fraction of sp³-hybridized carbons (Fsp3) is 0.417. The summed E-state index contributed by atoms with van der Waals surface area (Å²) in [5.74, 6) is 0.497. The zero-order valence-electron chi connectivity index (χ0n) is 8.45. The number of hydrogen-bond donors (Lipinski definition) is 0. The van der Waals surface area contributed by atoms with E-state index in [9.17, 15) is 4.79 Å². The van der Waals surface area contributed by atoms with Crippen LogP contribution in [0.3, 0.4) is 0 Å². The van der Waals surface area contributed by atoms with E-state index in [0.717, 1.165) is 11.8 Å². The molecule has 1 heteroatoms. The van der Waals surface area contributed by atoms with Crippen molar-refractivity contribution in [1.82, 2.24) is 0 Å². The highest BCUT2D eigenvalue weighted by Gasteiger charge is 2.10. The maximum Gasteiger partial charge on any atom is 0.127 e. The van der Waals surface area contributed by atoms with Gasteiger partial charge in [-0.3, -0.25) is 0 Å². The van der Waals surface area contributed by atoms with Crippen molar-refractivity contribution in [2.45, 2.75) is 32.6 Å². The fourth-order valence-electron chi connectivity index (χ4n) is 1.52. The molecular formula is C12H16O. The third-order valence-corrected chi connectivity index (χ3v) is 2.31. The molecular weight excluding hydrogens is 160 g/mol. The molecule has 0 heterocycles. The Balaban J connectivity index is 3.11. The molecule has 1 unspecified atom stereocenters. The van der Waals surface area contributed by atoms with Crippen LogP contribution < -0.4 is 0 Å². The van der Waals surface area contributed by atoms with Crippen molar-refractivity contribution >= 4 is 6.29 Å². The van der Waals surface area contributed by atoms with Gasteiger partial charge < -0.3 is 4.79 Å². The van der Waals surface area contributed by atoms with Gasteiger partial charge in [-0.25, -0.2) is 0 Å². The van der Waals surface area contributed by atoms with Gasteiger partial charge in [-0.2, -0.15) is 0 Å². The van der Waals surface area contributed by atoms with Crippen LogP contribution in [0.15, 0.2) is 24.3 Å². The van der Waals surface area contributed by atoms with E-state index < -0.39 is 0 Å². The number of carbonyl (C=O) groups is 1. The van der Waals surface area contributed by atoms with E-state index in [4.69, 9.17) is 0 Å². The minimum Gasteiger partial charge on any atom is -0.303 e. The maximum atomic E-state index is 10.7. The van der Waals surface area contributed by atoms with Gasteiger partial charge in [0.15, 0.2) is 0 Å². The summed E-state index contributed by atoms with van der Waals surface area (Å²) in [6, 6.07) is 8.14. The molecule has 0 spiro atoms. The van der Waals surface area contributed by atoms with Gasteiger partial charge in [0, 0.05) is 5.92 Å².